The molecule has 0 bridgehead atoms. The molecule has 2 rings (SSSR count). The summed E-state index contributed by atoms with van der Waals surface area (Å²) in [6, 6.07) is 9.99. The Bertz CT molecular complexity index is 597. The van der Waals surface area contributed by atoms with Gasteiger partial charge in [0.1, 0.15) is 11.6 Å². The molecule has 3 radical (unpaired) electrons. The van der Waals surface area contributed by atoms with E-state index < -0.39 is 11.9 Å². The van der Waals surface area contributed by atoms with Gasteiger partial charge in [-0.25, -0.2) is 4.39 Å². The minimum atomic E-state index is -3.51. The topological polar surface area (TPSA) is 9.23 Å². The average Bonchev–Trinajstić information content (AvgIpc) is 2.43. The van der Waals surface area contributed by atoms with Crippen molar-refractivity contribution in [3.63, 3.8) is 0 Å². The molecular weight excluding hydrogens is 281 g/mol. The predicted molar refractivity (Wildman–Crippen MR) is 71.6 cm³/mol. The molecule has 0 heterocycles. The highest BCUT2D eigenvalue weighted by Gasteiger charge is 2.34. The molecular formula is C15H12F3OSi. The highest BCUT2D eigenvalue weighted by atomic mass is 28.1. The Morgan fingerprint density at radius 2 is 1.75 bits per heavy atom. The second-order valence-electron chi connectivity index (χ2n) is 4.40. The average molecular weight is 293 g/mol. The third kappa shape index (κ3) is 3.22. The second-order valence-corrected chi connectivity index (χ2v) is 4.76. The molecule has 0 aliphatic heterocycles. The van der Waals surface area contributed by atoms with Crippen molar-refractivity contribution in [1.82, 2.24) is 0 Å². The van der Waals surface area contributed by atoms with Crippen LogP contribution in [0.4, 0.5) is 13.2 Å². The summed E-state index contributed by atoms with van der Waals surface area (Å²) < 4.78 is 45.8. The Balaban J connectivity index is 2.22. The van der Waals surface area contributed by atoms with Crippen molar-refractivity contribution in [3.8, 4) is 5.75 Å². The zero-order valence-electron chi connectivity index (χ0n) is 10.8. The van der Waals surface area contributed by atoms with Crippen molar-refractivity contribution in [1.29, 1.82) is 0 Å². The summed E-state index contributed by atoms with van der Waals surface area (Å²) in [7, 11) is 3.29. The number of alkyl halides is 2. The van der Waals surface area contributed by atoms with E-state index in [1.54, 1.807) is 19.1 Å². The van der Waals surface area contributed by atoms with Crippen LogP contribution in [0.2, 0.25) is 0 Å². The number of hydrogen-bond donors (Lipinski definition) is 0. The Morgan fingerprint density at radius 3 is 2.30 bits per heavy atom. The second kappa shape index (κ2) is 5.71. The Kier molecular flexibility index (Phi) is 4.18. The van der Waals surface area contributed by atoms with Gasteiger partial charge in [-0.05, 0) is 36.7 Å². The van der Waals surface area contributed by atoms with Crippen LogP contribution in [0, 0.1) is 12.7 Å². The lowest BCUT2D eigenvalue weighted by molar-refractivity contribution is -0.185. The minimum absolute atomic E-state index is 0.206. The third-order valence-corrected chi connectivity index (χ3v) is 3.29. The van der Waals surface area contributed by atoms with Gasteiger partial charge in [0.05, 0.1) is 5.56 Å². The Morgan fingerprint density at radius 1 is 1.10 bits per heavy atom. The number of benzene rings is 2. The molecule has 0 fully saturated rings. The Hall–Kier alpha value is -1.75. The van der Waals surface area contributed by atoms with E-state index in [9.17, 15) is 13.2 Å². The van der Waals surface area contributed by atoms with Gasteiger partial charge in [-0.3, -0.25) is 0 Å². The number of ether oxygens (including phenoxy) is 1. The molecule has 2 aromatic rings. The van der Waals surface area contributed by atoms with Gasteiger partial charge in [-0.15, -0.1) is 0 Å². The van der Waals surface area contributed by atoms with Crippen molar-refractivity contribution < 1.29 is 17.9 Å². The van der Waals surface area contributed by atoms with Gasteiger partial charge < -0.3 is 4.74 Å². The zero-order valence-corrected chi connectivity index (χ0v) is 11.8. The summed E-state index contributed by atoms with van der Waals surface area (Å²) in [5, 5.41) is 0. The number of halogens is 3. The molecule has 0 spiro atoms. The molecule has 0 amide bonds. The highest BCUT2D eigenvalue weighted by molar-refractivity contribution is 6.08. The number of rotatable bonds is 4. The van der Waals surface area contributed by atoms with Gasteiger partial charge in [0.15, 0.2) is 0 Å². The van der Waals surface area contributed by atoms with Crippen LogP contribution in [0.1, 0.15) is 16.7 Å². The van der Waals surface area contributed by atoms with Crippen LogP contribution < -0.4 is 4.74 Å². The molecule has 0 N–H and O–H groups in total. The largest absolute Gasteiger partial charge is 0.429 e. The maximum absolute atomic E-state index is 14.0. The van der Waals surface area contributed by atoms with E-state index in [1.807, 2.05) is 0 Å². The summed E-state index contributed by atoms with van der Waals surface area (Å²) in [5.74, 6) is -0.782. The van der Waals surface area contributed by atoms with Crippen LogP contribution in [-0.2, 0) is 12.2 Å². The first-order valence-electron chi connectivity index (χ1n) is 5.99. The molecule has 0 aliphatic carbocycles. The number of aryl methyl sites for hydroxylation is 1. The SMILES string of the molecule is Cc1ccc(OC(F)(F)c2ccc(C[Si])cc2)cc1F. The molecule has 0 aliphatic rings. The molecule has 1 nitrogen and oxygen atoms in total. The summed E-state index contributed by atoms with van der Waals surface area (Å²) >= 11 is 0. The van der Waals surface area contributed by atoms with Crippen LogP contribution in [0.15, 0.2) is 42.5 Å². The number of hydrogen-bond acceptors (Lipinski definition) is 1. The highest BCUT2D eigenvalue weighted by Crippen LogP contribution is 2.32. The molecule has 0 unspecified atom stereocenters. The molecule has 0 saturated heterocycles. The van der Waals surface area contributed by atoms with Crippen molar-refractivity contribution in [2.45, 2.75) is 19.1 Å². The fourth-order valence-electron chi connectivity index (χ4n) is 1.66. The molecule has 0 atom stereocenters. The van der Waals surface area contributed by atoms with Crippen LogP contribution in [0.25, 0.3) is 0 Å². The van der Waals surface area contributed by atoms with Gasteiger partial charge in [-0.2, -0.15) is 8.78 Å². The van der Waals surface area contributed by atoms with E-state index in [0.29, 0.717) is 11.6 Å². The van der Waals surface area contributed by atoms with Crippen molar-refractivity contribution >= 4 is 10.2 Å². The molecule has 2 aromatic carbocycles. The van der Waals surface area contributed by atoms with E-state index in [4.69, 9.17) is 0 Å². The third-order valence-electron chi connectivity index (χ3n) is 2.88. The standard InChI is InChI=1S/C15H12F3OSi/c1-10-2-7-13(8-14(10)16)19-15(17,18)12-5-3-11(9-20)4-6-12/h2-8H,9H2,1H3. The minimum Gasteiger partial charge on any atom is -0.429 e. The van der Waals surface area contributed by atoms with Crippen LogP contribution in [0.3, 0.4) is 0 Å². The summed E-state index contributed by atoms with van der Waals surface area (Å²) in [6.45, 7) is 1.55. The maximum atomic E-state index is 14.0. The summed E-state index contributed by atoms with van der Waals surface area (Å²) in [6.07, 6.45) is -3.51. The summed E-state index contributed by atoms with van der Waals surface area (Å²) in [4.78, 5) is 0. The van der Waals surface area contributed by atoms with Gasteiger partial charge in [0.2, 0.25) is 0 Å². The van der Waals surface area contributed by atoms with Gasteiger partial charge >= 0.3 is 6.11 Å². The van der Waals surface area contributed by atoms with Gasteiger partial charge in [-0.1, -0.05) is 23.8 Å². The molecule has 0 saturated carbocycles. The quantitative estimate of drug-likeness (QED) is 0.776. The molecule has 20 heavy (non-hydrogen) atoms. The van der Waals surface area contributed by atoms with Gasteiger partial charge in [0, 0.05) is 16.3 Å². The lowest BCUT2D eigenvalue weighted by Crippen LogP contribution is -2.22. The lowest BCUT2D eigenvalue weighted by Gasteiger charge is -2.18. The van der Waals surface area contributed by atoms with E-state index in [2.05, 4.69) is 15.0 Å². The van der Waals surface area contributed by atoms with Crippen LogP contribution in [-0.4, -0.2) is 10.2 Å². The first-order valence-corrected chi connectivity index (χ1v) is 6.70. The van der Waals surface area contributed by atoms with Crippen molar-refractivity contribution in [3.05, 3.63) is 65.0 Å². The lowest BCUT2D eigenvalue weighted by atomic mass is 10.1. The molecule has 5 heteroatoms. The van der Waals surface area contributed by atoms with Gasteiger partial charge in [0.25, 0.3) is 0 Å². The Labute approximate surface area is 118 Å². The normalized spacial score (nSPS) is 11.4. The van der Waals surface area contributed by atoms with E-state index in [-0.39, 0.29) is 11.3 Å². The monoisotopic (exact) mass is 293 g/mol. The fraction of sp³-hybridized carbons (Fsp3) is 0.200. The molecule has 103 valence electrons. The fourth-order valence-corrected chi connectivity index (χ4v) is 1.90. The first-order chi connectivity index (χ1) is 9.42. The van der Waals surface area contributed by atoms with Crippen LogP contribution in [0.5, 0.6) is 5.75 Å². The first kappa shape index (κ1) is 14.7. The van der Waals surface area contributed by atoms with Crippen molar-refractivity contribution in [2.75, 3.05) is 0 Å². The van der Waals surface area contributed by atoms with E-state index in [1.165, 1.54) is 24.3 Å². The zero-order chi connectivity index (χ0) is 14.8. The smallest absolute Gasteiger partial charge is 0.426 e. The predicted octanol–water partition coefficient (Wildman–Crippen LogP) is 3.93. The maximum Gasteiger partial charge on any atom is 0.426 e. The van der Waals surface area contributed by atoms with Crippen molar-refractivity contribution in [2.24, 2.45) is 0 Å². The summed E-state index contributed by atoms with van der Waals surface area (Å²) in [5.41, 5.74) is 0.979. The van der Waals surface area contributed by atoms with E-state index >= 15 is 0 Å². The van der Waals surface area contributed by atoms with Crippen LogP contribution >= 0.6 is 0 Å². The van der Waals surface area contributed by atoms with E-state index in [0.717, 1.165) is 11.6 Å². The molecule has 0 aromatic heterocycles.